The van der Waals surface area contributed by atoms with Crippen molar-refractivity contribution in [2.45, 2.75) is 6.92 Å². The minimum atomic E-state index is -0.365. The molecule has 0 bridgehead atoms. The Morgan fingerprint density at radius 3 is 2.75 bits per heavy atom. The molecule has 0 saturated carbocycles. The molecule has 0 radical (unpaired) electrons. The van der Waals surface area contributed by atoms with Crippen LogP contribution in [0.25, 0.3) is 11.5 Å². The van der Waals surface area contributed by atoms with E-state index < -0.39 is 0 Å². The second kappa shape index (κ2) is 7.51. The number of amides is 2. The SMILES string of the molecule is Cc1oc(-c2ccccc2)nc1C(=O)Nc1ccc(N2CCNC(=O)C2)nc1. The van der Waals surface area contributed by atoms with Gasteiger partial charge in [-0.1, -0.05) is 18.2 Å². The van der Waals surface area contributed by atoms with Crippen LogP contribution in [0.1, 0.15) is 16.2 Å². The second-order valence-electron chi connectivity index (χ2n) is 6.42. The van der Waals surface area contributed by atoms with Crippen LogP contribution in [0.4, 0.5) is 11.5 Å². The van der Waals surface area contributed by atoms with Crippen molar-refractivity contribution in [3.63, 3.8) is 0 Å². The summed E-state index contributed by atoms with van der Waals surface area (Å²) >= 11 is 0. The minimum Gasteiger partial charge on any atom is -0.441 e. The fourth-order valence-electron chi connectivity index (χ4n) is 2.98. The number of aromatic nitrogens is 2. The highest BCUT2D eigenvalue weighted by molar-refractivity contribution is 6.03. The molecular weight excluding hydrogens is 358 g/mol. The van der Waals surface area contributed by atoms with Gasteiger partial charge in [-0.05, 0) is 31.2 Å². The Balaban J connectivity index is 1.46. The standard InChI is InChI=1S/C20H19N5O3/c1-13-18(24-20(28-13)14-5-3-2-4-6-14)19(27)23-15-7-8-16(22-11-15)25-10-9-21-17(26)12-25/h2-8,11H,9-10,12H2,1H3,(H,21,26)(H,23,27). The molecule has 2 amide bonds. The second-order valence-corrected chi connectivity index (χ2v) is 6.42. The van der Waals surface area contributed by atoms with Crippen LogP contribution in [0.15, 0.2) is 53.1 Å². The zero-order chi connectivity index (χ0) is 19.5. The van der Waals surface area contributed by atoms with Crippen molar-refractivity contribution < 1.29 is 14.0 Å². The number of anilines is 2. The van der Waals surface area contributed by atoms with Crippen LogP contribution < -0.4 is 15.5 Å². The first-order valence-corrected chi connectivity index (χ1v) is 8.92. The first-order chi connectivity index (χ1) is 13.6. The third-order valence-electron chi connectivity index (χ3n) is 4.40. The summed E-state index contributed by atoms with van der Waals surface area (Å²) in [6.45, 7) is 3.27. The fourth-order valence-corrected chi connectivity index (χ4v) is 2.98. The molecule has 1 aliphatic rings. The lowest BCUT2D eigenvalue weighted by Gasteiger charge is -2.27. The van der Waals surface area contributed by atoms with E-state index in [2.05, 4.69) is 20.6 Å². The molecule has 8 heteroatoms. The van der Waals surface area contributed by atoms with Gasteiger partial charge in [-0.3, -0.25) is 9.59 Å². The number of pyridine rings is 1. The van der Waals surface area contributed by atoms with Crippen LogP contribution >= 0.6 is 0 Å². The largest absolute Gasteiger partial charge is 0.441 e. The fraction of sp³-hybridized carbons (Fsp3) is 0.200. The third-order valence-corrected chi connectivity index (χ3v) is 4.40. The summed E-state index contributed by atoms with van der Waals surface area (Å²) in [6, 6.07) is 12.9. The third kappa shape index (κ3) is 3.71. The predicted molar refractivity (Wildman–Crippen MR) is 104 cm³/mol. The van der Waals surface area contributed by atoms with E-state index in [-0.39, 0.29) is 24.1 Å². The number of nitrogens with zero attached hydrogens (tertiary/aromatic N) is 3. The number of piperazine rings is 1. The van der Waals surface area contributed by atoms with Gasteiger partial charge in [0.25, 0.3) is 5.91 Å². The number of oxazole rings is 1. The van der Waals surface area contributed by atoms with Crippen LogP contribution in [0, 0.1) is 6.92 Å². The van der Waals surface area contributed by atoms with Gasteiger partial charge in [0.05, 0.1) is 18.4 Å². The molecule has 1 aromatic carbocycles. The molecule has 2 N–H and O–H groups in total. The highest BCUT2D eigenvalue weighted by Gasteiger charge is 2.20. The van der Waals surface area contributed by atoms with Gasteiger partial charge in [0.15, 0.2) is 5.69 Å². The summed E-state index contributed by atoms with van der Waals surface area (Å²) < 4.78 is 5.64. The van der Waals surface area contributed by atoms with Crippen LogP contribution in [0.5, 0.6) is 0 Å². The maximum atomic E-state index is 12.6. The topological polar surface area (TPSA) is 100 Å². The number of rotatable bonds is 4. The van der Waals surface area contributed by atoms with Gasteiger partial charge < -0.3 is 20.0 Å². The van der Waals surface area contributed by atoms with E-state index in [9.17, 15) is 9.59 Å². The molecule has 2 aromatic heterocycles. The molecule has 3 heterocycles. The zero-order valence-corrected chi connectivity index (χ0v) is 15.3. The summed E-state index contributed by atoms with van der Waals surface area (Å²) in [7, 11) is 0. The minimum absolute atomic E-state index is 0.0267. The summed E-state index contributed by atoms with van der Waals surface area (Å²) in [6.07, 6.45) is 1.56. The van der Waals surface area contributed by atoms with E-state index in [1.54, 1.807) is 25.3 Å². The number of aryl methyl sites for hydroxylation is 1. The number of hydrogen-bond acceptors (Lipinski definition) is 6. The molecule has 0 unspecified atom stereocenters. The van der Waals surface area contributed by atoms with Crippen molar-refractivity contribution in [1.29, 1.82) is 0 Å². The summed E-state index contributed by atoms with van der Waals surface area (Å²) in [5.41, 5.74) is 1.58. The number of carbonyl (C=O) groups is 2. The summed E-state index contributed by atoms with van der Waals surface area (Å²) in [5.74, 6) is 1.15. The molecule has 3 aromatic rings. The van der Waals surface area contributed by atoms with Gasteiger partial charge in [-0.2, -0.15) is 0 Å². The zero-order valence-electron chi connectivity index (χ0n) is 15.3. The molecule has 1 fully saturated rings. The smallest absolute Gasteiger partial charge is 0.277 e. The molecule has 0 aliphatic carbocycles. The molecule has 1 aliphatic heterocycles. The number of carbonyl (C=O) groups excluding carboxylic acids is 2. The molecule has 0 atom stereocenters. The Bertz CT molecular complexity index is 998. The predicted octanol–water partition coefficient (Wildman–Crippen LogP) is 2.23. The lowest BCUT2D eigenvalue weighted by Crippen LogP contribution is -2.48. The van der Waals surface area contributed by atoms with E-state index in [1.807, 2.05) is 35.2 Å². The van der Waals surface area contributed by atoms with Crippen LogP contribution in [-0.4, -0.2) is 41.4 Å². The molecular formula is C20H19N5O3. The first-order valence-electron chi connectivity index (χ1n) is 8.92. The van der Waals surface area contributed by atoms with Gasteiger partial charge in [0.2, 0.25) is 11.8 Å². The Hall–Kier alpha value is -3.68. The number of hydrogen-bond donors (Lipinski definition) is 2. The first kappa shape index (κ1) is 17.7. The highest BCUT2D eigenvalue weighted by atomic mass is 16.4. The lowest BCUT2D eigenvalue weighted by molar-refractivity contribution is -0.120. The maximum absolute atomic E-state index is 12.6. The Kier molecular flexibility index (Phi) is 4.76. The number of nitrogens with one attached hydrogen (secondary N) is 2. The van der Waals surface area contributed by atoms with Crippen molar-refractivity contribution in [2.75, 3.05) is 29.9 Å². The molecule has 4 rings (SSSR count). The quantitative estimate of drug-likeness (QED) is 0.723. The monoisotopic (exact) mass is 377 g/mol. The van der Waals surface area contributed by atoms with Gasteiger partial charge >= 0.3 is 0 Å². The Morgan fingerprint density at radius 2 is 2.04 bits per heavy atom. The Labute approximate surface area is 161 Å². The van der Waals surface area contributed by atoms with Gasteiger partial charge in [0, 0.05) is 18.7 Å². The van der Waals surface area contributed by atoms with E-state index in [1.165, 1.54) is 0 Å². The normalized spacial score (nSPS) is 13.9. The van der Waals surface area contributed by atoms with Crippen LogP contribution in [0.3, 0.4) is 0 Å². The van der Waals surface area contributed by atoms with Crippen molar-refractivity contribution in [3.05, 3.63) is 60.1 Å². The molecule has 142 valence electrons. The maximum Gasteiger partial charge on any atom is 0.277 e. The van der Waals surface area contributed by atoms with Crippen molar-refractivity contribution in [2.24, 2.45) is 0 Å². The highest BCUT2D eigenvalue weighted by Crippen LogP contribution is 2.22. The van der Waals surface area contributed by atoms with Crippen LogP contribution in [0.2, 0.25) is 0 Å². The van der Waals surface area contributed by atoms with Crippen molar-refractivity contribution in [3.8, 4) is 11.5 Å². The van der Waals surface area contributed by atoms with Crippen LogP contribution in [-0.2, 0) is 4.79 Å². The molecule has 28 heavy (non-hydrogen) atoms. The van der Waals surface area contributed by atoms with Gasteiger partial charge in [0.1, 0.15) is 11.6 Å². The lowest BCUT2D eigenvalue weighted by atomic mass is 10.2. The van der Waals surface area contributed by atoms with Crippen molar-refractivity contribution in [1.82, 2.24) is 15.3 Å². The molecule has 0 spiro atoms. The van der Waals surface area contributed by atoms with Gasteiger partial charge in [-0.25, -0.2) is 9.97 Å². The van der Waals surface area contributed by atoms with E-state index in [0.29, 0.717) is 36.2 Å². The number of benzene rings is 1. The average Bonchev–Trinajstić information content (AvgIpc) is 3.11. The van der Waals surface area contributed by atoms with Crippen molar-refractivity contribution >= 4 is 23.3 Å². The molecule has 8 nitrogen and oxygen atoms in total. The Morgan fingerprint density at radius 1 is 1.21 bits per heavy atom. The van der Waals surface area contributed by atoms with E-state index in [4.69, 9.17) is 4.42 Å². The van der Waals surface area contributed by atoms with E-state index in [0.717, 1.165) is 5.56 Å². The van der Waals surface area contributed by atoms with Gasteiger partial charge in [-0.15, -0.1) is 0 Å². The summed E-state index contributed by atoms with van der Waals surface area (Å²) in [5, 5.41) is 5.56. The summed E-state index contributed by atoms with van der Waals surface area (Å²) in [4.78, 5) is 34.6. The average molecular weight is 377 g/mol. The van der Waals surface area contributed by atoms with E-state index >= 15 is 0 Å². The molecule has 1 saturated heterocycles.